The van der Waals surface area contributed by atoms with Gasteiger partial charge >= 0.3 is 0 Å². The van der Waals surface area contributed by atoms with E-state index in [0.29, 0.717) is 0 Å². The van der Waals surface area contributed by atoms with Crippen LogP contribution in [0.2, 0.25) is 0 Å². The summed E-state index contributed by atoms with van der Waals surface area (Å²) >= 11 is 0. The molecular formula is C29H48OY-2. The normalized spacial score (nSPS) is 11.3. The average Bonchev–Trinajstić information content (AvgIpc) is 3.33. The fourth-order valence-corrected chi connectivity index (χ4v) is 2.68. The molecule has 1 radical (unpaired) electrons. The van der Waals surface area contributed by atoms with Gasteiger partial charge in [0.05, 0.1) is 0 Å². The van der Waals surface area contributed by atoms with Crippen molar-refractivity contribution in [3.05, 3.63) is 77.7 Å². The molecule has 0 amide bonds. The van der Waals surface area contributed by atoms with Gasteiger partial charge in [0.15, 0.2) is 0 Å². The fraction of sp³-hybridized carbons (Fsp3) is 0.517. The van der Waals surface area contributed by atoms with Crippen LogP contribution in [0.25, 0.3) is 0 Å². The van der Waals surface area contributed by atoms with Crippen LogP contribution in [-0.4, -0.2) is 5.78 Å². The van der Waals surface area contributed by atoms with Gasteiger partial charge in [0.25, 0.3) is 0 Å². The van der Waals surface area contributed by atoms with E-state index in [1.165, 1.54) is 29.5 Å². The first-order chi connectivity index (χ1) is 14.6. The van der Waals surface area contributed by atoms with E-state index in [1.807, 2.05) is 86.6 Å². The van der Waals surface area contributed by atoms with Gasteiger partial charge in [-0.05, 0) is 6.92 Å². The largest absolute Gasteiger partial charge is 0.300 e. The molecule has 1 aliphatic rings. The number of rotatable bonds is 3. The van der Waals surface area contributed by atoms with E-state index in [2.05, 4.69) is 43.7 Å². The van der Waals surface area contributed by atoms with Crippen LogP contribution in [0.4, 0.5) is 0 Å². The van der Waals surface area contributed by atoms with Crippen LogP contribution < -0.4 is 0 Å². The molecule has 0 N–H and O–H groups in total. The van der Waals surface area contributed by atoms with Crippen molar-refractivity contribution in [3.8, 4) is 0 Å². The molecule has 175 valence electrons. The Kier molecular flexibility index (Phi) is 32.7. The number of carbonyl (C=O) groups is 1. The third-order valence-electron chi connectivity index (χ3n) is 4.48. The van der Waals surface area contributed by atoms with Crippen molar-refractivity contribution in [1.29, 1.82) is 0 Å². The third kappa shape index (κ3) is 16.4. The third-order valence-corrected chi connectivity index (χ3v) is 4.48. The molecule has 0 saturated carbocycles. The minimum Gasteiger partial charge on any atom is -0.300 e. The number of carbonyl (C=O) groups excluding carboxylic acids is 1. The van der Waals surface area contributed by atoms with E-state index in [1.54, 1.807) is 6.92 Å². The molecule has 0 heterocycles. The molecule has 3 rings (SSSR count). The number of Topliss-reactive ketones (excluding diaryl/α,β-unsaturated/α-hetero) is 1. The summed E-state index contributed by atoms with van der Waals surface area (Å²) in [5.74, 6) is 0.627. The Hall–Kier alpha value is -0.916. The van der Waals surface area contributed by atoms with Gasteiger partial charge in [-0.15, -0.1) is 17.7 Å². The summed E-state index contributed by atoms with van der Waals surface area (Å²) < 4.78 is 0. The van der Waals surface area contributed by atoms with Crippen molar-refractivity contribution in [1.82, 2.24) is 0 Å². The molecule has 2 unspecified atom stereocenters. The van der Waals surface area contributed by atoms with Crippen LogP contribution in [0.15, 0.2) is 48.5 Å². The minimum atomic E-state index is 0. The molecule has 2 heteroatoms. The second-order valence-corrected chi connectivity index (χ2v) is 5.97. The monoisotopic (exact) mass is 501 g/mol. The summed E-state index contributed by atoms with van der Waals surface area (Å²) in [5, 5.41) is 0. The SMILES string of the molecule is CC.CC.CC.CC.CC(=O)C(C)C(C)c1c[c-]ccc1.[Y].c1ccc2c(c1)[CH-]CC2. The first kappa shape index (κ1) is 37.4. The predicted molar refractivity (Wildman–Crippen MR) is 137 cm³/mol. The Labute approximate surface area is 220 Å². The fourth-order valence-electron chi connectivity index (χ4n) is 2.68. The summed E-state index contributed by atoms with van der Waals surface area (Å²) in [6.07, 6.45) is 4.78. The summed E-state index contributed by atoms with van der Waals surface area (Å²) in [7, 11) is 0. The van der Waals surface area contributed by atoms with E-state index in [-0.39, 0.29) is 50.3 Å². The maximum atomic E-state index is 11.1. The topological polar surface area (TPSA) is 17.1 Å². The number of hydrogen-bond acceptors (Lipinski definition) is 1. The molecule has 31 heavy (non-hydrogen) atoms. The Balaban J connectivity index is -0.000000177. The second-order valence-electron chi connectivity index (χ2n) is 5.97. The van der Waals surface area contributed by atoms with Crippen molar-refractivity contribution in [2.45, 2.75) is 94.9 Å². The molecule has 0 aliphatic heterocycles. The summed E-state index contributed by atoms with van der Waals surface area (Å²) in [6.45, 7) is 21.7. The number of benzene rings is 2. The summed E-state index contributed by atoms with van der Waals surface area (Å²) in [5.41, 5.74) is 4.14. The maximum Gasteiger partial charge on any atom is 0.132 e. The van der Waals surface area contributed by atoms with Crippen LogP contribution in [0.1, 0.15) is 105 Å². The molecule has 1 aliphatic carbocycles. The van der Waals surface area contributed by atoms with Crippen molar-refractivity contribution in [3.63, 3.8) is 0 Å². The van der Waals surface area contributed by atoms with Gasteiger partial charge < -0.3 is 0 Å². The van der Waals surface area contributed by atoms with Gasteiger partial charge in [0.1, 0.15) is 5.78 Å². The van der Waals surface area contributed by atoms with Gasteiger partial charge in [-0.3, -0.25) is 4.79 Å². The van der Waals surface area contributed by atoms with Crippen LogP contribution >= 0.6 is 0 Å². The van der Waals surface area contributed by atoms with Gasteiger partial charge in [0, 0.05) is 38.6 Å². The first-order valence-electron chi connectivity index (χ1n) is 12.0. The summed E-state index contributed by atoms with van der Waals surface area (Å²) in [6, 6.07) is 19.4. The van der Waals surface area contributed by atoms with E-state index in [4.69, 9.17) is 0 Å². The zero-order valence-electron chi connectivity index (χ0n) is 22.3. The molecule has 0 fully saturated rings. The molecule has 2 atom stereocenters. The van der Waals surface area contributed by atoms with Crippen molar-refractivity contribution in [2.24, 2.45) is 5.92 Å². The first-order valence-corrected chi connectivity index (χ1v) is 12.0. The average molecular weight is 502 g/mol. The van der Waals surface area contributed by atoms with Gasteiger partial charge in [-0.25, -0.2) is 0 Å². The van der Waals surface area contributed by atoms with Crippen molar-refractivity contribution in [2.75, 3.05) is 0 Å². The van der Waals surface area contributed by atoms with E-state index < -0.39 is 0 Å². The van der Waals surface area contributed by atoms with Crippen LogP contribution in [0, 0.1) is 18.4 Å². The number of hydrogen-bond donors (Lipinski definition) is 0. The molecular weight excluding hydrogens is 453 g/mol. The van der Waals surface area contributed by atoms with Crippen LogP contribution in [-0.2, 0) is 43.9 Å². The Morgan fingerprint density at radius 2 is 1.45 bits per heavy atom. The zero-order chi connectivity index (χ0) is 23.9. The number of fused-ring (bicyclic) bond motifs is 1. The maximum absolute atomic E-state index is 11.1. The van der Waals surface area contributed by atoms with E-state index in [0.717, 1.165) is 0 Å². The van der Waals surface area contributed by atoms with E-state index >= 15 is 0 Å². The smallest absolute Gasteiger partial charge is 0.132 e. The molecule has 2 aromatic rings. The predicted octanol–water partition coefficient (Wildman–Crippen LogP) is 9.10. The molecule has 0 bridgehead atoms. The zero-order valence-corrected chi connectivity index (χ0v) is 25.1. The Bertz CT molecular complexity index is 584. The molecule has 0 spiro atoms. The van der Waals surface area contributed by atoms with Gasteiger partial charge in [0.2, 0.25) is 0 Å². The summed E-state index contributed by atoms with van der Waals surface area (Å²) in [4.78, 5) is 11.1. The second kappa shape index (κ2) is 27.1. The van der Waals surface area contributed by atoms with Crippen LogP contribution in [0.5, 0.6) is 0 Å². The van der Waals surface area contributed by atoms with Gasteiger partial charge in [-0.1, -0.05) is 94.1 Å². The van der Waals surface area contributed by atoms with Gasteiger partial charge in [-0.2, -0.15) is 53.9 Å². The Morgan fingerprint density at radius 1 is 0.903 bits per heavy atom. The van der Waals surface area contributed by atoms with Crippen LogP contribution in [0.3, 0.4) is 0 Å². The number of ketones is 1. The van der Waals surface area contributed by atoms with Crippen molar-refractivity contribution < 1.29 is 37.5 Å². The molecule has 0 aromatic heterocycles. The van der Waals surface area contributed by atoms with Crippen molar-refractivity contribution >= 4 is 5.78 Å². The molecule has 2 aromatic carbocycles. The minimum absolute atomic E-state index is 0. The number of aryl methyl sites for hydroxylation is 1. The quantitative estimate of drug-likeness (QED) is 0.383. The van der Waals surface area contributed by atoms with E-state index in [9.17, 15) is 4.79 Å². The Morgan fingerprint density at radius 3 is 1.90 bits per heavy atom. The standard InChI is InChI=1S/C12H15O.C9H9.4C2H6.Y/c1-9(11(3)13)10(2)12-7-5-4-6-8-12;1-2-5-9-7-3-6-8(9)4-1;4*1-2;/h4-5,7-10H,1-3H3;1-2,4-6H,3,7H2;4*1-2H3;/q2*-1;;;;;. The molecule has 1 nitrogen and oxygen atoms in total. The molecule has 0 saturated heterocycles.